The molecule has 0 atom stereocenters. The van der Waals surface area contributed by atoms with E-state index in [0.29, 0.717) is 12.1 Å². The molecular weight excluding hydrogens is 477 g/mol. The number of nitrogens with one attached hydrogen (secondary N) is 2. The highest BCUT2D eigenvalue weighted by atomic mass is 19.4. The largest absolute Gasteiger partial charge is 0.493 e. The SMILES string of the molecule is Cc1cc(Cn2ccc3cc(C(=O)NCCC(=O)NOC(=O)C(F)(F)F)ccc32)c2ccccc2n1. The summed E-state index contributed by atoms with van der Waals surface area (Å²) in [5.41, 5.74) is 5.65. The lowest BCUT2D eigenvalue weighted by Gasteiger charge is -2.11. The monoisotopic (exact) mass is 498 g/mol. The molecule has 0 aliphatic heterocycles. The molecule has 4 aromatic rings. The minimum absolute atomic E-state index is 0.165. The van der Waals surface area contributed by atoms with Crippen molar-refractivity contribution in [3.05, 3.63) is 77.6 Å². The topological polar surface area (TPSA) is 102 Å². The predicted octanol–water partition coefficient (Wildman–Crippen LogP) is 3.80. The van der Waals surface area contributed by atoms with Crippen LogP contribution in [0.5, 0.6) is 0 Å². The van der Waals surface area contributed by atoms with Gasteiger partial charge in [0.15, 0.2) is 0 Å². The van der Waals surface area contributed by atoms with Gasteiger partial charge in [0.05, 0.1) is 5.52 Å². The summed E-state index contributed by atoms with van der Waals surface area (Å²) in [4.78, 5) is 42.8. The van der Waals surface area contributed by atoms with Crippen molar-refractivity contribution in [1.29, 1.82) is 0 Å². The second-order valence-corrected chi connectivity index (χ2v) is 8.08. The average Bonchev–Trinajstić information content (AvgIpc) is 3.23. The van der Waals surface area contributed by atoms with Gasteiger partial charge in [0.25, 0.3) is 11.8 Å². The van der Waals surface area contributed by atoms with Crippen LogP contribution < -0.4 is 10.8 Å². The van der Waals surface area contributed by atoms with E-state index in [-0.39, 0.29) is 13.0 Å². The number of fused-ring (bicyclic) bond motifs is 2. The van der Waals surface area contributed by atoms with Crippen molar-refractivity contribution in [3.63, 3.8) is 0 Å². The van der Waals surface area contributed by atoms with Gasteiger partial charge in [0.2, 0.25) is 0 Å². The molecule has 0 saturated heterocycles. The maximum Gasteiger partial charge on any atom is 0.493 e. The Labute approximate surface area is 203 Å². The number of nitrogens with zero attached hydrogens (tertiary/aromatic N) is 2. The van der Waals surface area contributed by atoms with Crippen molar-refractivity contribution in [3.8, 4) is 0 Å². The number of rotatable bonds is 6. The molecule has 2 amide bonds. The van der Waals surface area contributed by atoms with E-state index in [1.54, 1.807) is 12.1 Å². The van der Waals surface area contributed by atoms with E-state index in [9.17, 15) is 27.6 Å². The van der Waals surface area contributed by atoms with Crippen LogP contribution in [0.1, 0.15) is 28.0 Å². The number of pyridine rings is 1. The lowest BCUT2D eigenvalue weighted by molar-refractivity contribution is -0.207. The van der Waals surface area contributed by atoms with E-state index in [1.165, 1.54) is 5.48 Å². The number of carbonyl (C=O) groups is 3. The van der Waals surface area contributed by atoms with E-state index in [4.69, 9.17) is 0 Å². The van der Waals surface area contributed by atoms with Gasteiger partial charge in [-0.15, -0.1) is 0 Å². The zero-order chi connectivity index (χ0) is 25.9. The molecule has 2 aromatic carbocycles. The summed E-state index contributed by atoms with van der Waals surface area (Å²) in [6, 6.07) is 17.1. The third kappa shape index (κ3) is 5.62. The molecular formula is C25H21F3N4O4. The molecule has 11 heteroatoms. The van der Waals surface area contributed by atoms with Crippen LogP contribution in [0.15, 0.2) is 60.8 Å². The van der Waals surface area contributed by atoms with Gasteiger partial charge in [-0.3, -0.25) is 14.6 Å². The smallest absolute Gasteiger partial charge is 0.352 e. The van der Waals surface area contributed by atoms with E-state index in [1.807, 2.05) is 49.5 Å². The van der Waals surface area contributed by atoms with Crippen molar-refractivity contribution >= 4 is 39.6 Å². The molecule has 2 aromatic heterocycles. The highest BCUT2D eigenvalue weighted by Crippen LogP contribution is 2.23. The summed E-state index contributed by atoms with van der Waals surface area (Å²) in [6.45, 7) is 2.40. The van der Waals surface area contributed by atoms with Crippen molar-refractivity contribution < 1.29 is 32.4 Å². The molecule has 0 spiro atoms. The van der Waals surface area contributed by atoms with E-state index >= 15 is 0 Å². The molecule has 2 N–H and O–H groups in total. The normalized spacial score (nSPS) is 11.4. The number of aryl methyl sites for hydroxylation is 1. The molecule has 2 heterocycles. The van der Waals surface area contributed by atoms with Crippen LogP contribution in [0.2, 0.25) is 0 Å². The average molecular weight is 498 g/mol. The maximum absolute atomic E-state index is 12.5. The Bertz CT molecular complexity index is 1460. The third-order valence-corrected chi connectivity index (χ3v) is 5.43. The summed E-state index contributed by atoms with van der Waals surface area (Å²) >= 11 is 0. The zero-order valence-electron chi connectivity index (χ0n) is 19.1. The van der Waals surface area contributed by atoms with Crippen LogP contribution in [0.4, 0.5) is 13.2 Å². The number of carbonyl (C=O) groups excluding carboxylic acids is 3. The summed E-state index contributed by atoms with van der Waals surface area (Å²) in [5, 5.41) is 4.42. The van der Waals surface area contributed by atoms with Crippen molar-refractivity contribution in [1.82, 2.24) is 20.3 Å². The lowest BCUT2D eigenvalue weighted by Crippen LogP contribution is -2.36. The number of amides is 2. The summed E-state index contributed by atoms with van der Waals surface area (Å²) in [7, 11) is 0. The molecule has 0 bridgehead atoms. The first-order valence-corrected chi connectivity index (χ1v) is 10.9. The molecule has 0 radical (unpaired) electrons. The second-order valence-electron chi connectivity index (χ2n) is 8.08. The fraction of sp³-hybridized carbons (Fsp3) is 0.200. The van der Waals surface area contributed by atoms with Crippen LogP contribution in [-0.2, 0) is 21.0 Å². The Hall–Kier alpha value is -4.41. The molecule has 4 rings (SSSR count). The first-order chi connectivity index (χ1) is 17.1. The predicted molar refractivity (Wildman–Crippen MR) is 125 cm³/mol. The summed E-state index contributed by atoms with van der Waals surface area (Å²) in [6.07, 6.45) is -3.66. The van der Waals surface area contributed by atoms with Crippen molar-refractivity contribution in [2.24, 2.45) is 0 Å². The van der Waals surface area contributed by atoms with Gasteiger partial charge in [0, 0.05) is 53.3 Å². The van der Waals surface area contributed by atoms with Crippen LogP contribution in [-0.4, -0.2) is 40.1 Å². The molecule has 8 nitrogen and oxygen atoms in total. The van der Waals surface area contributed by atoms with Gasteiger partial charge >= 0.3 is 12.1 Å². The molecule has 0 saturated carbocycles. The summed E-state index contributed by atoms with van der Waals surface area (Å²) in [5.74, 6) is -3.98. The highest BCUT2D eigenvalue weighted by Gasteiger charge is 2.41. The standard InChI is InChI=1S/C25H21F3N4O4/c1-15-12-18(19-4-2-3-5-20(19)30-15)14-32-11-9-16-13-17(6-7-21(16)32)23(34)29-10-8-22(33)31-36-24(35)25(26,27)28/h2-7,9,11-13H,8,10,14H2,1H3,(H,29,34)(H,31,33). The third-order valence-electron chi connectivity index (χ3n) is 5.43. The fourth-order valence-corrected chi connectivity index (χ4v) is 3.79. The number of hydrogen-bond donors (Lipinski definition) is 2. The maximum atomic E-state index is 12.5. The van der Waals surface area contributed by atoms with E-state index in [0.717, 1.165) is 33.1 Å². The first-order valence-electron chi connectivity index (χ1n) is 10.9. The minimum atomic E-state index is -5.22. The minimum Gasteiger partial charge on any atom is -0.352 e. The van der Waals surface area contributed by atoms with Gasteiger partial charge in [-0.25, -0.2) is 4.79 Å². The Morgan fingerprint density at radius 3 is 2.61 bits per heavy atom. The number of hydrogen-bond acceptors (Lipinski definition) is 5. The molecule has 0 fully saturated rings. The Morgan fingerprint density at radius 2 is 1.83 bits per heavy atom. The van der Waals surface area contributed by atoms with Gasteiger partial charge in [-0.05, 0) is 48.9 Å². The number of para-hydroxylation sites is 1. The van der Waals surface area contributed by atoms with Gasteiger partial charge < -0.3 is 14.7 Å². The molecule has 36 heavy (non-hydrogen) atoms. The van der Waals surface area contributed by atoms with E-state index < -0.39 is 24.0 Å². The number of hydroxylamine groups is 1. The van der Waals surface area contributed by atoms with Crippen LogP contribution in [0.25, 0.3) is 21.8 Å². The van der Waals surface area contributed by atoms with Crippen LogP contribution in [0, 0.1) is 6.92 Å². The van der Waals surface area contributed by atoms with Gasteiger partial charge in [-0.2, -0.15) is 18.7 Å². The lowest BCUT2D eigenvalue weighted by atomic mass is 10.1. The van der Waals surface area contributed by atoms with E-state index in [2.05, 4.69) is 25.8 Å². The Morgan fingerprint density at radius 1 is 1.06 bits per heavy atom. The van der Waals surface area contributed by atoms with Gasteiger partial charge in [-0.1, -0.05) is 18.2 Å². The highest BCUT2D eigenvalue weighted by molar-refractivity contribution is 5.98. The molecule has 0 aliphatic rings. The zero-order valence-corrected chi connectivity index (χ0v) is 19.1. The van der Waals surface area contributed by atoms with Gasteiger partial charge in [0.1, 0.15) is 0 Å². The quantitative estimate of drug-likeness (QED) is 0.394. The van der Waals surface area contributed by atoms with Crippen molar-refractivity contribution in [2.75, 3.05) is 6.54 Å². The number of aromatic nitrogens is 2. The molecule has 186 valence electrons. The Balaban J connectivity index is 1.38. The number of halogens is 3. The summed E-state index contributed by atoms with van der Waals surface area (Å²) < 4.78 is 38.2. The number of benzene rings is 2. The second kappa shape index (κ2) is 10.1. The molecule has 0 aliphatic carbocycles. The fourth-order valence-electron chi connectivity index (χ4n) is 3.79. The first kappa shape index (κ1) is 24.7. The van der Waals surface area contributed by atoms with Crippen molar-refractivity contribution in [2.45, 2.75) is 26.1 Å². The number of alkyl halides is 3. The van der Waals surface area contributed by atoms with Crippen LogP contribution >= 0.6 is 0 Å². The van der Waals surface area contributed by atoms with Crippen LogP contribution in [0.3, 0.4) is 0 Å². The molecule has 0 unspecified atom stereocenters. The Kier molecular flexibility index (Phi) is 6.91.